The number of amides is 2. The molecule has 2 amide bonds. The van der Waals surface area contributed by atoms with Gasteiger partial charge in [0.05, 0.1) is 5.92 Å². The molecule has 1 aliphatic rings. The number of carbonyl (C=O) groups excluding carboxylic acids is 2. The van der Waals surface area contributed by atoms with Crippen molar-refractivity contribution in [1.29, 1.82) is 0 Å². The molecule has 7 heteroatoms. The summed E-state index contributed by atoms with van der Waals surface area (Å²) in [6, 6.07) is 6.38. The first-order valence-electron chi connectivity index (χ1n) is 8.37. The van der Waals surface area contributed by atoms with Crippen molar-refractivity contribution < 1.29 is 14.0 Å². The standard InChI is InChI=1S/C18H20FN3O2S/c1-2-20-16(23)12-6-5-9-22(10-12)18(24)15-11-25-17(21-15)13-7-3-4-8-14(13)19/h3-4,7-8,11-12H,2,5-6,9-10H2,1H3,(H,20,23). The molecule has 0 saturated carbocycles. The number of nitrogens with zero attached hydrogens (tertiary/aromatic N) is 2. The molecule has 2 aromatic rings. The van der Waals surface area contributed by atoms with Crippen LogP contribution in [0.2, 0.25) is 0 Å². The quantitative estimate of drug-likeness (QED) is 0.911. The van der Waals surface area contributed by atoms with Gasteiger partial charge in [-0.25, -0.2) is 9.37 Å². The number of thiazole rings is 1. The Hall–Kier alpha value is -2.28. The predicted octanol–water partition coefficient (Wildman–Crippen LogP) is 2.94. The van der Waals surface area contributed by atoms with Gasteiger partial charge in [-0.05, 0) is 31.9 Å². The molecule has 1 N–H and O–H groups in total. The average Bonchev–Trinajstić information content (AvgIpc) is 3.11. The smallest absolute Gasteiger partial charge is 0.273 e. The molecular formula is C18H20FN3O2S. The van der Waals surface area contributed by atoms with E-state index < -0.39 is 0 Å². The third kappa shape index (κ3) is 3.87. The molecule has 1 aliphatic heterocycles. The second kappa shape index (κ2) is 7.74. The number of rotatable bonds is 4. The third-order valence-electron chi connectivity index (χ3n) is 4.26. The topological polar surface area (TPSA) is 62.3 Å². The summed E-state index contributed by atoms with van der Waals surface area (Å²) in [6.07, 6.45) is 1.57. The zero-order valence-electron chi connectivity index (χ0n) is 14.0. The highest BCUT2D eigenvalue weighted by atomic mass is 32.1. The molecule has 1 aromatic carbocycles. The minimum absolute atomic E-state index is 0.00896. The number of benzene rings is 1. The highest BCUT2D eigenvalue weighted by Gasteiger charge is 2.29. The molecule has 1 aromatic heterocycles. The Balaban J connectivity index is 1.73. The van der Waals surface area contributed by atoms with Gasteiger partial charge in [0.1, 0.15) is 16.5 Å². The van der Waals surface area contributed by atoms with E-state index in [9.17, 15) is 14.0 Å². The molecule has 0 bridgehead atoms. The molecule has 2 heterocycles. The van der Waals surface area contributed by atoms with E-state index in [0.29, 0.717) is 35.9 Å². The van der Waals surface area contributed by atoms with Crippen molar-refractivity contribution in [2.45, 2.75) is 19.8 Å². The summed E-state index contributed by atoms with van der Waals surface area (Å²) in [5.74, 6) is -0.745. The van der Waals surface area contributed by atoms with Gasteiger partial charge in [-0.15, -0.1) is 11.3 Å². The fourth-order valence-corrected chi connectivity index (χ4v) is 3.81. The second-order valence-corrected chi connectivity index (χ2v) is 6.86. The molecule has 25 heavy (non-hydrogen) atoms. The van der Waals surface area contributed by atoms with Gasteiger partial charge in [0, 0.05) is 30.6 Å². The molecule has 1 saturated heterocycles. The van der Waals surface area contributed by atoms with E-state index in [-0.39, 0.29) is 23.5 Å². The van der Waals surface area contributed by atoms with Crippen LogP contribution in [0.15, 0.2) is 29.6 Å². The summed E-state index contributed by atoms with van der Waals surface area (Å²) in [7, 11) is 0. The van der Waals surface area contributed by atoms with Crippen LogP contribution in [0, 0.1) is 11.7 Å². The van der Waals surface area contributed by atoms with Crippen LogP contribution >= 0.6 is 11.3 Å². The van der Waals surface area contributed by atoms with Crippen LogP contribution in [-0.2, 0) is 4.79 Å². The monoisotopic (exact) mass is 361 g/mol. The van der Waals surface area contributed by atoms with Crippen LogP contribution in [0.4, 0.5) is 4.39 Å². The second-order valence-electron chi connectivity index (χ2n) is 6.00. The van der Waals surface area contributed by atoms with Gasteiger partial charge < -0.3 is 10.2 Å². The lowest BCUT2D eigenvalue weighted by molar-refractivity contribution is -0.126. The van der Waals surface area contributed by atoms with Crippen molar-refractivity contribution in [2.24, 2.45) is 5.92 Å². The summed E-state index contributed by atoms with van der Waals surface area (Å²) >= 11 is 1.25. The highest BCUT2D eigenvalue weighted by molar-refractivity contribution is 7.13. The summed E-state index contributed by atoms with van der Waals surface area (Å²) in [6.45, 7) is 3.48. The molecule has 0 spiro atoms. The number of likely N-dealkylation sites (tertiary alicyclic amines) is 1. The maximum Gasteiger partial charge on any atom is 0.273 e. The number of aromatic nitrogens is 1. The zero-order valence-corrected chi connectivity index (χ0v) is 14.8. The van der Waals surface area contributed by atoms with Gasteiger partial charge in [0.2, 0.25) is 5.91 Å². The number of nitrogens with one attached hydrogen (secondary N) is 1. The van der Waals surface area contributed by atoms with Crippen molar-refractivity contribution in [1.82, 2.24) is 15.2 Å². The van der Waals surface area contributed by atoms with Crippen LogP contribution in [0.1, 0.15) is 30.3 Å². The molecule has 5 nitrogen and oxygen atoms in total. The number of hydrogen-bond acceptors (Lipinski definition) is 4. The Bertz CT molecular complexity index is 777. The van der Waals surface area contributed by atoms with Gasteiger partial charge in [0.15, 0.2) is 0 Å². The Morgan fingerprint density at radius 2 is 2.20 bits per heavy atom. The Morgan fingerprint density at radius 1 is 1.40 bits per heavy atom. The summed E-state index contributed by atoms with van der Waals surface area (Å²) in [4.78, 5) is 30.7. The van der Waals surface area contributed by atoms with Gasteiger partial charge in [-0.3, -0.25) is 9.59 Å². The first-order valence-corrected chi connectivity index (χ1v) is 9.25. The number of halogens is 1. The van der Waals surface area contributed by atoms with Gasteiger partial charge in [-0.2, -0.15) is 0 Å². The number of carbonyl (C=O) groups is 2. The minimum atomic E-state index is -0.356. The molecule has 1 unspecified atom stereocenters. The maximum absolute atomic E-state index is 13.9. The van der Waals surface area contributed by atoms with Crippen LogP contribution in [-0.4, -0.2) is 41.3 Å². The van der Waals surface area contributed by atoms with Gasteiger partial charge >= 0.3 is 0 Å². The summed E-state index contributed by atoms with van der Waals surface area (Å²) in [5, 5.41) is 4.95. The molecule has 3 rings (SSSR count). The Labute approximate surface area is 149 Å². The van der Waals surface area contributed by atoms with Crippen molar-refractivity contribution in [2.75, 3.05) is 19.6 Å². The summed E-state index contributed by atoms with van der Waals surface area (Å²) < 4.78 is 13.9. The largest absolute Gasteiger partial charge is 0.356 e. The normalized spacial score (nSPS) is 17.4. The van der Waals surface area contributed by atoms with Crippen molar-refractivity contribution in [3.8, 4) is 10.6 Å². The first-order chi connectivity index (χ1) is 12.1. The van der Waals surface area contributed by atoms with E-state index in [2.05, 4.69) is 10.3 Å². The molecule has 132 valence electrons. The lowest BCUT2D eigenvalue weighted by Crippen LogP contribution is -2.45. The van der Waals surface area contributed by atoms with Crippen LogP contribution in [0.3, 0.4) is 0 Å². The van der Waals surface area contributed by atoms with E-state index in [1.165, 1.54) is 17.4 Å². The van der Waals surface area contributed by atoms with E-state index >= 15 is 0 Å². The maximum atomic E-state index is 13.9. The lowest BCUT2D eigenvalue weighted by atomic mass is 9.97. The van der Waals surface area contributed by atoms with E-state index in [4.69, 9.17) is 0 Å². The number of piperidine rings is 1. The molecular weight excluding hydrogens is 341 g/mol. The van der Waals surface area contributed by atoms with Crippen LogP contribution < -0.4 is 5.32 Å². The Morgan fingerprint density at radius 3 is 2.96 bits per heavy atom. The third-order valence-corrected chi connectivity index (χ3v) is 5.13. The summed E-state index contributed by atoms with van der Waals surface area (Å²) in [5.41, 5.74) is 0.699. The number of hydrogen-bond donors (Lipinski definition) is 1. The highest BCUT2D eigenvalue weighted by Crippen LogP contribution is 2.27. The molecule has 1 atom stereocenters. The van der Waals surface area contributed by atoms with Crippen molar-refractivity contribution >= 4 is 23.2 Å². The Kier molecular flexibility index (Phi) is 5.43. The van der Waals surface area contributed by atoms with Crippen LogP contribution in [0.25, 0.3) is 10.6 Å². The average molecular weight is 361 g/mol. The van der Waals surface area contributed by atoms with E-state index in [1.807, 2.05) is 6.92 Å². The fraction of sp³-hybridized carbons (Fsp3) is 0.389. The molecule has 0 radical (unpaired) electrons. The minimum Gasteiger partial charge on any atom is -0.356 e. The first kappa shape index (κ1) is 17.5. The van der Waals surface area contributed by atoms with Crippen molar-refractivity contribution in [3.05, 3.63) is 41.2 Å². The lowest BCUT2D eigenvalue weighted by Gasteiger charge is -2.31. The molecule has 0 aliphatic carbocycles. The SMILES string of the molecule is CCNC(=O)C1CCCN(C(=O)c2csc(-c3ccccc3F)n2)C1. The van der Waals surface area contributed by atoms with Crippen LogP contribution in [0.5, 0.6) is 0 Å². The van der Waals surface area contributed by atoms with Crippen molar-refractivity contribution in [3.63, 3.8) is 0 Å². The van der Waals surface area contributed by atoms with E-state index in [1.54, 1.807) is 28.5 Å². The van der Waals surface area contributed by atoms with Gasteiger partial charge in [0.25, 0.3) is 5.91 Å². The van der Waals surface area contributed by atoms with E-state index in [0.717, 1.165) is 12.8 Å². The van der Waals surface area contributed by atoms with Gasteiger partial charge in [-0.1, -0.05) is 12.1 Å². The zero-order chi connectivity index (χ0) is 17.8. The molecule has 1 fully saturated rings. The predicted molar refractivity (Wildman–Crippen MR) is 94.8 cm³/mol. The fourth-order valence-electron chi connectivity index (χ4n) is 2.99.